The van der Waals surface area contributed by atoms with Crippen molar-refractivity contribution in [3.63, 3.8) is 0 Å². The molecule has 1 aliphatic carbocycles. The molecule has 1 aliphatic rings. The van der Waals surface area contributed by atoms with Crippen molar-refractivity contribution in [2.45, 2.75) is 43.7 Å². The van der Waals surface area contributed by atoms with Crippen LogP contribution in [0.25, 0.3) is 0 Å². The van der Waals surface area contributed by atoms with Crippen molar-refractivity contribution in [3.05, 3.63) is 35.5 Å². The van der Waals surface area contributed by atoms with E-state index < -0.39 is 29.4 Å². The number of allylic oxidation sites excluding steroid dienone is 2. The van der Waals surface area contributed by atoms with Crippen molar-refractivity contribution in [1.82, 2.24) is 0 Å². The Balaban J connectivity index is 2.39. The minimum atomic E-state index is -6.55. The van der Waals surface area contributed by atoms with Crippen LogP contribution in [0.1, 0.15) is 25.7 Å². The summed E-state index contributed by atoms with van der Waals surface area (Å²) in [6.45, 7) is 0. The Morgan fingerprint density at radius 2 is 1.46 bits per heavy atom. The SMILES string of the molecule is Nc1ccc(NC2=C(C(=O)C(F)(F)C(F)(F)C(F)(F)F)CCCC2)cc1. The van der Waals surface area contributed by atoms with Gasteiger partial charge in [0.05, 0.1) is 0 Å². The number of hydrogen-bond donors (Lipinski definition) is 2. The fraction of sp³-hybridized carbons (Fsp3) is 0.438. The monoisotopic (exact) mass is 384 g/mol. The van der Waals surface area contributed by atoms with E-state index in [1.807, 2.05) is 0 Å². The molecule has 0 radical (unpaired) electrons. The summed E-state index contributed by atoms with van der Waals surface area (Å²) in [6, 6.07) is 5.86. The summed E-state index contributed by atoms with van der Waals surface area (Å²) >= 11 is 0. The molecule has 26 heavy (non-hydrogen) atoms. The minimum Gasteiger partial charge on any atom is -0.399 e. The maximum atomic E-state index is 13.7. The molecule has 1 aromatic carbocycles. The summed E-state index contributed by atoms with van der Waals surface area (Å²) in [7, 11) is 0. The highest BCUT2D eigenvalue weighted by atomic mass is 19.4. The second kappa shape index (κ2) is 6.81. The maximum Gasteiger partial charge on any atom is 0.460 e. The van der Waals surface area contributed by atoms with Crippen LogP contribution in [0.4, 0.5) is 42.1 Å². The van der Waals surface area contributed by atoms with Crippen molar-refractivity contribution < 1.29 is 35.5 Å². The Kier molecular flexibility index (Phi) is 5.25. The Bertz CT molecular complexity index is 708. The van der Waals surface area contributed by atoms with Crippen LogP contribution in [-0.2, 0) is 4.79 Å². The van der Waals surface area contributed by atoms with E-state index >= 15 is 0 Å². The molecule has 2 rings (SSSR count). The van der Waals surface area contributed by atoms with Gasteiger partial charge in [-0.1, -0.05) is 0 Å². The van der Waals surface area contributed by atoms with Crippen LogP contribution in [-0.4, -0.2) is 23.8 Å². The van der Waals surface area contributed by atoms with Gasteiger partial charge in [-0.05, 0) is 49.9 Å². The molecule has 3 nitrogen and oxygen atoms in total. The number of carbonyl (C=O) groups excluding carboxylic acids is 1. The number of hydrogen-bond acceptors (Lipinski definition) is 3. The molecule has 0 atom stereocenters. The molecule has 0 amide bonds. The first-order valence-electron chi connectivity index (χ1n) is 7.59. The highest BCUT2D eigenvalue weighted by Crippen LogP contribution is 2.48. The largest absolute Gasteiger partial charge is 0.460 e. The number of Topliss-reactive ketones (excluding diaryl/α,β-unsaturated/α-hetero) is 1. The number of rotatable bonds is 5. The summed E-state index contributed by atoms with van der Waals surface area (Å²) in [6.07, 6.45) is -6.11. The van der Waals surface area contributed by atoms with Gasteiger partial charge in [0.15, 0.2) is 0 Å². The predicted octanol–water partition coefficient (Wildman–Crippen LogP) is 4.91. The van der Waals surface area contributed by atoms with Crippen LogP contribution in [0, 0.1) is 0 Å². The zero-order valence-corrected chi connectivity index (χ0v) is 13.3. The van der Waals surface area contributed by atoms with E-state index in [1.54, 1.807) is 0 Å². The van der Waals surface area contributed by atoms with Crippen molar-refractivity contribution in [3.8, 4) is 0 Å². The molecular formula is C16H15F7N2O. The van der Waals surface area contributed by atoms with E-state index in [2.05, 4.69) is 5.32 Å². The molecule has 0 aliphatic heterocycles. The lowest BCUT2D eigenvalue weighted by molar-refractivity contribution is -0.342. The van der Waals surface area contributed by atoms with Crippen molar-refractivity contribution in [1.29, 1.82) is 0 Å². The second-order valence-electron chi connectivity index (χ2n) is 5.89. The van der Waals surface area contributed by atoms with E-state index in [4.69, 9.17) is 5.73 Å². The van der Waals surface area contributed by atoms with Crippen molar-refractivity contribution >= 4 is 17.2 Å². The van der Waals surface area contributed by atoms with E-state index in [1.165, 1.54) is 24.3 Å². The van der Waals surface area contributed by atoms with Gasteiger partial charge < -0.3 is 11.1 Å². The molecule has 0 heterocycles. The molecule has 0 saturated carbocycles. The first kappa shape index (κ1) is 20.1. The molecule has 0 bridgehead atoms. The number of alkyl halides is 7. The molecule has 0 fully saturated rings. The lowest BCUT2D eigenvalue weighted by Crippen LogP contribution is -2.56. The summed E-state index contributed by atoms with van der Waals surface area (Å²) in [5.41, 5.74) is 5.40. The number of nitrogen functional groups attached to an aromatic ring is 1. The fourth-order valence-electron chi connectivity index (χ4n) is 2.54. The molecule has 10 heteroatoms. The smallest absolute Gasteiger partial charge is 0.399 e. The third-order valence-electron chi connectivity index (χ3n) is 3.98. The highest BCUT2D eigenvalue weighted by Gasteiger charge is 2.76. The third-order valence-corrected chi connectivity index (χ3v) is 3.98. The van der Waals surface area contributed by atoms with E-state index in [0.717, 1.165) is 0 Å². The minimum absolute atomic E-state index is 0.0686. The molecule has 0 spiro atoms. The maximum absolute atomic E-state index is 13.7. The van der Waals surface area contributed by atoms with Gasteiger partial charge in [0.25, 0.3) is 0 Å². The van der Waals surface area contributed by atoms with Gasteiger partial charge in [-0.2, -0.15) is 30.7 Å². The molecular weight excluding hydrogens is 369 g/mol. The van der Waals surface area contributed by atoms with Gasteiger partial charge >= 0.3 is 18.0 Å². The lowest BCUT2D eigenvalue weighted by atomic mass is 9.89. The summed E-state index contributed by atoms with van der Waals surface area (Å²) in [4.78, 5) is 11.9. The molecule has 0 saturated heterocycles. The first-order valence-corrected chi connectivity index (χ1v) is 7.59. The average Bonchev–Trinajstić information content (AvgIpc) is 2.55. The lowest BCUT2D eigenvalue weighted by Gasteiger charge is -2.29. The van der Waals surface area contributed by atoms with Gasteiger partial charge in [-0.3, -0.25) is 4.79 Å². The van der Waals surface area contributed by atoms with Gasteiger partial charge in [0.2, 0.25) is 5.78 Å². The quantitative estimate of drug-likeness (QED) is 0.560. The number of nitrogens with one attached hydrogen (secondary N) is 1. The van der Waals surface area contributed by atoms with Crippen molar-refractivity contribution in [2.24, 2.45) is 0 Å². The zero-order chi connectivity index (χ0) is 19.8. The average molecular weight is 384 g/mol. The molecule has 3 N–H and O–H groups in total. The summed E-state index contributed by atoms with van der Waals surface area (Å²) in [5.74, 6) is -14.9. The number of carbonyl (C=O) groups is 1. The number of nitrogens with two attached hydrogens (primary N) is 1. The molecule has 1 aromatic rings. The number of anilines is 2. The first-order chi connectivity index (χ1) is 11.9. The number of halogens is 7. The van der Waals surface area contributed by atoms with Crippen LogP contribution >= 0.6 is 0 Å². The van der Waals surface area contributed by atoms with Gasteiger partial charge in [0, 0.05) is 22.6 Å². The summed E-state index contributed by atoms with van der Waals surface area (Å²) < 4.78 is 90.7. The van der Waals surface area contributed by atoms with Gasteiger partial charge in [-0.25, -0.2) is 0 Å². The second-order valence-corrected chi connectivity index (χ2v) is 5.89. The Labute approximate surface area is 144 Å². The molecule has 144 valence electrons. The van der Waals surface area contributed by atoms with E-state index in [-0.39, 0.29) is 25.0 Å². The van der Waals surface area contributed by atoms with Crippen LogP contribution in [0.5, 0.6) is 0 Å². The highest BCUT2D eigenvalue weighted by molar-refractivity contribution is 6.02. The van der Waals surface area contributed by atoms with Crippen LogP contribution in [0.2, 0.25) is 0 Å². The van der Waals surface area contributed by atoms with Gasteiger partial charge in [0.1, 0.15) is 0 Å². The standard InChI is InChI=1S/C16H15F7N2O/c17-14(18,15(19,20)16(21,22)23)13(26)11-3-1-2-4-12(11)25-10-7-5-9(24)6-8-10/h5-8,25H,1-4,24H2. The van der Waals surface area contributed by atoms with Crippen molar-refractivity contribution in [2.75, 3.05) is 11.1 Å². The molecule has 0 aromatic heterocycles. The topological polar surface area (TPSA) is 55.1 Å². The van der Waals surface area contributed by atoms with Gasteiger partial charge in [-0.15, -0.1) is 0 Å². The fourth-order valence-corrected chi connectivity index (χ4v) is 2.54. The van der Waals surface area contributed by atoms with E-state index in [9.17, 15) is 35.5 Å². The Morgan fingerprint density at radius 1 is 0.923 bits per heavy atom. The van der Waals surface area contributed by atoms with Crippen LogP contribution in [0.3, 0.4) is 0 Å². The van der Waals surface area contributed by atoms with Crippen LogP contribution in [0.15, 0.2) is 35.5 Å². The molecule has 0 unspecified atom stereocenters. The van der Waals surface area contributed by atoms with E-state index in [0.29, 0.717) is 17.8 Å². The number of ketones is 1. The normalized spacial score (nSPS) is 16.6. The predicted molar refractivity (Wildman–Crippen MR) is 80.9 cm³/mol. The third kappa shape index (κ3) is 3.63. The zero-order valence-electron chi connectivity index (χ0n) is 13.3. The number of benzene rings is 1. The van der Waals surface area contributed by atoms with Crippen LogP contribution < -0.4 is 11.1 Å². The Hall–Kier alpha value is -2.26. The Morgan fingerprint density at radius 3 is 2.00 bits per heavy atom. The summed E-state index contributed by atoms with van der Waals surface area (Å²) in [5, 5.41) is 2.65.